The van der Waals surface area contributed by atoms with E-state index in [1.54, 1.807) is 45.0 Å². The van der Waals surface area contributed by atoms with Crippen molar-refractivity contribution in [1.82, 2.24) is 16.0 Å². The van der Waals surface area contributed by atoms with E-state index >= 15 is 0 Å². The molecule has 1 rings (SSSR count). The molecule has 182 valence electrons. The third-order valence-corrected chi connectivity index (χ3v) is 4.11. The number of carbonyl (C=O) groups is 5. The van der Waals surface area contributed by atoms with Crippen molar-refractivity contribution in [1.29, 1.82) is 0 Å². The van der Waals surface area contributed by atoms with Crippen LogP contribution in [0.3, 0.4) is 0 Å². The average Bonchev–Trinajstić information content (AvgIpc) is 2.70. The van der Waals surface area contributed by atoms with E-state index < -0.39 is 59.9 Å². The standard InChI is InChI=1S/C22H32N4O7/c1-13(19(29)26-16(11-17(23)27)20(30)33-22(3,4)5)24-18(28)14(2)25-21(31)32-12-15-9-7-6-8-10-15/h6-10,13-14,16H,11-12H2,1-5H3,(H2,23,27)(H,24,28)(H,25,31)(H,26,29)/t13-,14-,16-/m0/s1. The van der Waals surface area contributed by atoms with Crippen LogP contribution in [0.2, 0.25) is 0 Å². The molecule has 0 aromatic heterocycles. The number of rotatable bonds is 10. The summed E-state index contributed by atoms with van der Waals surface area (Å²) in [5.41, 5.74) is 5.10. The fraction of sp³-hybridized carbons (Fsp3) is 0.500. The number of ether oxygens (including phenoxy) is 2. The van der Waals surface area contributed by atoms with Crippen LogP contribution >= 0.6 is 0 Å². The van der Waals surface area contributed by atoms with Crippen molar-refractivity contribution in [3.05, 3.63) is 35.9 Å². The summed E-state index contributed by atoms with van der Waals surface area (Å²) in [5.74, 6) is -3.03. The van der Waals surface area contributed by atoms with Crippen LogP contribution in [0.4, 0.5) is 4.79 Å². The maximum absolute atomic E-state index is 12.4. The van der Waals surface area contributed by atoms with Crippen LogP contribution in [-0.2, 0) is 35.3 Å². The molecule has 0 bridgehead atoms. The highest BCUT2D eigenvalue weighted by Crippen LogP contribution is 2.10. The van der Waals surface area contributed by atoms with Gasteiger partial charge in [0.2, 0.25) is 17.7 Å². The fourth-order valence-electron chi connectivity index (χ4n) is 2.48. The van der Waals surface area contributed by atoms with E-state index in [1.807, 2.05) is 6.07 Å². The van der Waals surface area contributed by atoms with Gasteiger partial charge in [-0.1, -0.05) is 30.3 Å². The van der Waals surface area contributed by atoms with Crippen LogP contribution in [0.1, 0.15) is 46.6 Å². The molecule has 0 radical (unpaired) electrons. The number of hydrogen-bond acceptors (Lipinski definition) is 7. The second-order valence-corrected chi connectivity index (χ2v) is 8.42. The van der Waals surface area contributed by atoms with Crippen LogP contribution in [0.15, 0.2) is 30.3 Å². The van der Waals surface area contributed by atoms with Gasteiger partial charge in [0.25, 0.3) is 0 Å². The van der Waals surface area contributed by atoms with E-state index in [2.05, 4.69) is 16.0 Å². The van der Waals surface area contributed by atoms with Crippen molar-refractivity contribution in [3.63, 3.8) is 0 Å². The largest absolute Gasteiger partial charge is 0.458 e. The Morgan fingerprint density at radius 3 is 2.00 bits per heavy atom. The van der Waals surface area contributed by atoms with E-state index in [1.165, 1.54) is 13.8 Å². The van der Waals surface area contributed by atoms with Crippen LogP contribution < -0.4 is 21.7 Å². The highest BCUT2D eigenvalue weighted by atomic mass is 16.6. The first-order valence-electron chi connectivity index (χ1n) is 10.4. The first-order valence-corrected chi connectivity index (χ1v) is 10.4. The van der Waals surface area contributed by atoms with Gasteiger partial charge in [-0.25, -0.2) is 9.59 Å². The van der Waals surface area contributed by atoms with Gasteiger partial charge >= 0.3 is 12.1 Å². The zero-order chi connectivity index (χ0) is 25.2. The first kappa shape index (κ1) is 27.4. The Hall–Kier alpha value is -3.63. The predicted octanol–water partition coefficient (Wildman–Crippen LogP) is 0.508. The molecule has 4 amide bonds. The molecule has 33 heavy (non-hydrogen) atoms. The molecule has 11 heteroatoms. The summed E-state index contributed by atoms with van der Waals surface area (Å²) in [6, 6.07) is 5.61. The number of primary amides is 1. The van der Waals surface area contributed by atoms with Crippen LogP contribution in [0.25, 0.3) is 0 Å². The van der Waals surface area contributed by atoms with Crippen LogP contribution in [0, 0.1) is 0 Å². The number of esters is 1. The maximum atomic E-state index is 12.4. The van der Waals surface area contributed by atoms with E-state index in [0.29, 0.717) is 0 Å². The molecule has 1 aromatic rings. The molecule has 0 saturated heterocycles. The van der Waals surface area contributed by atoms with Crippen molar-refractivity contribution < 1.29 is 33.4 Å². The highest BCUT2D eigenvalue weighted by molar-refractivity contribution is 5.94. The molecule has 0 unspecified atom stereocenters. The average molecular weight is 465 g/mol. The summed E-state index contributed by atoms with van der Waals surface area (Å²) < 4.78 is 10.2. The molecule has 0 aliphatic heterocycles. The zero-order valence-corrected chi connectivity index (χ0v) is 19.5. The number of nitrogens with two attached hydrogens (primary N) is 1. The summed E-state index contributed by atoms with van der Waals surface area (Å²) in [5, 5.41) is 7.13. The van der Waals surface area contributed by atoms with Gasteiger partial charge in [-0.3, -0.25) is 14.4 Å². The molecule has 1 aromatic carbocycles. The summed E-state index contributed by atoms with van der Waals surface area (Å²) >= 11 is 0. The molecule has 0 spiro atoms. The molecule has 11 nitrogen and oxygen atoms in total. The van der Waals surface area contributed by atoms with Gasteiger partial charge in [0.15, 0.2) is 0 Å². The van der Waals surface area contributed by atoms with Gasteiger partial charge in [0.1, 0.15) is 30.3 Å². The number of hydrogen-bond donors (Lipinski definition) is 4. The number of amides is 4. The summed E-state index contributed by atoms with van der Waals surface area (Å²) in [6.07, 6.45) is -1.27. The fourth-order valence-corrected chi connectivity index (χ4v) is 2.48. The molecular weight excluding hydrogens is 432 g/mol. The van der Waals surface area contributed by atoms with Crippen LogP contribution in [0.5, 0.6) is 0 Å². The molecule has 5 N–H and O–H groups in total. The normalized spacial score (nSPS) is 13.6. The summed E-state index contributed by atoms with van der Waals surface area (Å²) in [4.78, 5) is 60.2. The smallest absolute Gasteiger partial charge is 0.408 e. The Morgan fingerprint density at radius 2 is 1.45 bits per heavy atom. The Labute approximate surface area is 192 Å². The monoisotopic (exact) mass is 464 g/mol. The zero-order valence-electron chi connectivity index (χ0n) is 19.5. The summed E-state index contributed by atoms with van der Waals surface area (Å²) in [6.45, 7) is 7.73. The van der Waals surface area contributed by atoms with Gasteiger partial charge in [-0.05, 0) is 40.2 Å². The lowest BCUT2D eigenvalue weighted by Gasteiger charge is -2.25. The Morgan fingerprint density at radius 1 is 0.909 bits per heavy atom. The predicted molar refractivity (Wildman–Crippen MR) is 118 cm³/mol. The van der Waals surface area contributed by atoms with E-state index in [4.69, 9.17) is 15.2 Å². The lowest BCUT2D eigenvalue weighted by Crippen LogP contribution is -2.55. The number of carbonyl (C=O) groups excluding carboxylic acids is 5. The minimum absolute atomic E-state index is 0.0335. The van der Waals surface area contributed by atoms with Crippen molar-refractivity contribution in [3.8, 4) is 0 Å². The molecule has 0 aliphatic carbocycles. The molecule has 0 aliphatic rings. The van der Waals surface area contributed by atoms with Gasteiger partial charge in [0.05, 0.1) is 6.42 Å². The topological polar surface area (TPSA) is 166 Å². The third kappa shape index (κ3) is 11.0. The molecule has 0 fully saturated rings. The number of benzene rings is 1. The van der Waals surface area contributed by atoms with Gasteiger partial charge < -0.3 is 31.2 Å². The van der Waals surface area contributed by atoms with Gasteiger partial charge in [-0.2, -0.15) is 0 Å². The Bertz CT molecular complexity index is 852. The second kappa shape index (κ2) is 12.4. The second-order valence-electron chi connectivity index (χ2n) is 8.42. The first-order chi connectivity index (χ1) is 15.3. The SMILES string of the molecule is C[C@H](NC(=O)OCc1ccccc1)C(=O)N[C@@H](C)C(=O)N[C@@H](CC(N)=O)C(=O)OC(C)(C)C. The van der Waals surface area contributed by atoms with Crippen molar-refractivity contribution in [2.75, 3.05) is 0 Å². The van der Waals surface area contributed by atoms with Crippen LogP contribution in [-0.4, -0.2) is 53.5 Å². The molecule has 0 heterocycles. The third-order valence-electron chi connectivity index (χ3n) is 4.11. The number of alkyl carbamates (subject to hydrolysis) is 1. The highest BCUT2D eigenvalue weighted by Gasteiger charge is 2.30. The molecular formula is C22H32N4O7. The minimum Gasteiger partial charge on any atom is -0.458 e. The lowest BCUT2D eigenvalue weighted by atomic mass is 10.1. The van der Waals surface area contributed by atoms with Crippen molar-refractivity contribution >= 4 is 29.8 Å². The Balaban J connectivity index is 2.58. The number of nitrogens with one attached hydrogen (secondary N) is 3. The van der Waals surface area contributed by atoms with Crippen molar-refractivity contribution in [2.24, 2.45) is 5.73 Å². The quantitative estimate of drug-likeness (QED) is 0.366. The molecule has 0 saturated carbocycles. The minimum atomic E-state index is -1.31. The Kier molecular flexibility index (Phi) is 10.3. The lowest BCUT2D eigenvalue weighted by molar-refractivity contribution is -0.159. The molecule has 3 atom stereocenters. The van der Waals surface area contributed by atoms with E-state index in [0.717, 1.165) is 5.56 Å². The summed E-state index contributed by atoms with van der Waals surface area (Å²) in [7, 11) is 0. The van der Waals surface area contributed by atoms with E-state index in [-0.39, 0.29) is 6.61 Å². The van der Waals surface area contributed by atoms with E-state index in [9.17, 15) is 24.0 Å². The van der Waals surface area contributed by atoms with Gasteiger partial charge in [0, 0.05) is 0 Å². The van der Waals surface area contributed by atoms with Gasteiger partial charge in [-0.15, -0.1) is 0 Å². The maximum Gasteiger partial charge on any atom is 0.408 e. The van der Waals surface area contributed by atoms with Crippen molar-refractivity contribution in [2.45, 2.75) is 71.4 Å².